The van der Waals surface area contributed by atoms with Crippen LogP contribution in [-0.4, -0.2) is 20.7 Å². The van der Waals surface area contributed by atoms with Crippen molar-refractivity contribution in [1.82, 2.24) is 10.2 Å². The second-order valence-corrected chi connectivity index (χ2v) is 4.82. The molecule has 1 aromatic heterocycles. The third kappa shape index (κ3) is 2.37. The maximum absolute atomic E-state index is 8.90. The molecule has 3 nitrogen and oxygen atoms in total. The Hall–Kier alpha value is 0.0900. The molecule has 1 atom stereocenters. The van der Waals surface area contributed by atoms with Crippen molar-refractivity contribution in [3.63, 3.8) is 0 Å². The standard InChI is InChI=1S/C4H6N2OS3/c1-2(7)9-4-6-5-3(8)10-4/h2,7H,1H3,(H,5,8). The second kappa shape index (κ2) is 3.47. The molecule has 0 aliphatic heterocycles. The second-order valence-electron chi connectivity index (χ2n) is 1.60. The average Bonchev–Trinajstić information content (AvgIpc) is 2.13. The first-order valence-corrected chi connectivity index (χ1v) is 4.69. The zero-order valence-corrected chi connectivity index (χ0v) is 7.65. The predicted molar refractivity (Wildman–Crippen MR) is 44.8 cm³/mol. The van der Waals surface area contributed by atoms with Gasteiger partial charge in [-0.05, 0) is 19.1 Å². The van der Waals surface area contributed by atoms with E-state index in [0.717, 1.165) is 4.34 Å². The summed E-state index contributed by atoms with van der Waals surface area (Å²) in [5.74, 6) is 0. The molecule has 10 heavy (non-hydrogen) atoms. The minimum Gasteiger partial charge on any atom is -0.382 e. The van der Waals surface area contributed by atoms with Crippen LogP contribution in [0.25, 0.3) is 0 Å². The van der Waals surface area contributed by atoms with E-state index in [1.54, 1.807) is 6.92 Å². The Morgan fingerprint density at radius 2 is 2.60 bits per heavy atom. The van der Waals surface area contributed by atoms with Gasteiger partial charge < -0.3 is 5.11 Å². The van der Waals surface area contributed by atoms with Crippen LogP contribution in [0.1, 0.15) is 6.92 Å². The Bertz CT molecular complexity index is 253. The molecule has 0 spiro atoms. The zero-order valence-electron chi connectivity index (χ0n) is 5.20. The van der Waals surface area contributed by atoms with Gasteiger partial charge in [0.1, 0.15) is 5.44 Å². The van der Waals surface area contributed by atoms with Gasteiger partial charge in [-0.15, -0.1) is 0 Å². The number of hydrogen-bond donors (Lipinski definition) is 2. The van der Waals surface area contributed by atoms with Crippen LogP contribution in [0.3, 0.4) is 0 Å². The molecule has 56 valence electrons. The van der Waals surface area contributed by atoms with E-state index in [-0.39, 0.29) is 0 Å². The van der Waals surface area contributed by atoms with Gasteiger partial charge >= 0.3 is 0 Å². The summed E-state index contributed by atoms with van der Waals surface area (Å²) in [6.07, 6.45) is 0. The van der Waals surface area contributed by atoms with Crippen molar-refractivity contribution >= 4 is 35.3 Å². The van der Waals surface area contributed by atoms with Crippen LogP contribution < -0.4 is 0 Å². The summed E-state index contributed by atoms with van der Waals surface area (Å²) in [7, 11) is 0. The highest BCUT2D eigenvalue weighted by atomic mass is 32.2. The molecule has 0 saturated heterocycles. The van der Waals surface area contributed by atoms with E-state index in [2.05, 4.69) is 10.2 Å². The normalized spacial score (nSPS) is 13.4. The van der Waals surface area contributed by atoms with Crippen molar-refractivity contribution in [3.8, 4) is 0 Å². The van der Waals surface area contributed by atoms with E-state index in [1.165, 1.54) is 23.1 Å². The maximum Gasteiger partial charge on any atom is 0.177 e. The minimum atomic E-state index is -0.422. The molecule has 1 aromatic rings. The van der Waals surface area contributed by atoms with Crippen LogP contribution in [0.4, 0.5) is 0 Å². The largest absolute Gasteiger partial charge is 0.382 e. The van der Waals surface area contributed by atoms with Gasteiger partial charge in [0.25, 0.3) is 0 Å². The number of H-pyrrole nitrogens is 1. The van der Waals surface area contributed by atoms with Gasteiger partial charge in [-0.2, -0.15) is 5.10 Å². The Labute approximate surface area is 71.5 Å². The number of aromatic amines is 1. The Morgan fingerprint density at radius 1 is 1.90 bits per heavy atom. The predicted octanol–water partition coefficient (Wildman–Crippen LogP) is 1.63. The molecule has 0 fully saturated rings. The van der Waals surface area contributed by atoms with E-state index < -0.39 is 5.44 Å². The van der Waals surface area contributed by atoms with Crippen molar-refractivity contribution < 1.29 is 5.11 Å². The lowest BCUT2D eigenvalue weighted by molar-refractivity contribution is 0.284. The molecule has 2 N–H and O–H groups in total. The van der Waals surface area contributed by atoms with Crippen molar-refractivity contribution in [2.24, 2.45) is 0 Å². The quantitative estimate of drug-likeness (QED) is 0.427. The summed E-state index contributed by atoms with van der Waals surface area (Å²) in [6, 6.07) is 0. The van der Waals surface area contributed by atoms with E-state index in [9.17, 15) is 0 Å². The fraction of sp³-hybridized carbons (Fsp3) is 0.500. The first kappa shape index (κ1) is 8.19. The molecule has 0 radical (unpaired) electrons. The molecule has 0 bridgehead atoms. The summed E-state index contributed by atoms with van der Waals surface area (Å²) in [5, 5.41) is 15.4. The lowest BCUT2D eigenvalue weighted by Gasteiger charge is -1.95. The lowest BCUT2D eigenvalue weighted by Crippen LogP contribution is -1.89. The highest BCUT2D eigenvalue weighted by Crippen LogP contribution is 2.22. The molecule has 1 unspecified atom stereocenters. The van der Waals surface area contributed by atoms with Crippen molar-refractivity contribution in [1.29, 1.82) is 0 Å². The van der Waals surface area contributed by atoms with E-state index in [4.69, 9.17) is 17.3 Å². The van der Waals surface area contributed by atoms with E-state index >= 15 is 0 Å². The number of aromatic nitrogens is 2. The summed E-state index contributed by atoms with van der Waals surface area (Å²) in [6.45, 7) is 1.69. The Balaban J connectivity index is 2.67. The summed E-state index contributed by atoms with van der Waals surface area (Å²) in [5.41, 5.74) is -0.422. The summed E-state index contributed by atoms with van der Waals surface area (Å²) < 4.78 is 1.42. The first-order chi connectivity index (χ1) is 4.68. The van der Waals surface area contributed by atoms with Crippen LogP contribution in [0.5, 0.6) is 0 Å². The molecule has 0 aliphatic carbocycles. The fourth-order valence-electron chi connectivity index (χ4n) is 0.413. The van der Waals surface area contributed by atoms with Gasteiger partial charge in [-0.1, -0.05) is 23.1 Å². The first-order valence-electron chi connectivity index (χ1n) is 2.58. The van der Waals surface area contributed by atoms with Gasteiger partial charge in [0.15, 0.2) is 8.29 Å². The van der Waals surface area contributed by atoms with Gasteiger partial charge in [-0.3, -0.25) is 5.10 Å². The fourth-order valence-corrected chi connectivity index (χ4v) is 2.44. The monoisotopic (exact) mass is 194 g/mol. The lowest BCUT2D eigenvalue weighted by atomic mass is 10.9. The van der Waals surface area contributed by atoms with Crippen LogP contribution in [0, 0.1) is 3.95 Å². The number of nitrogens with one attached hydrogen (secondary N) is 1. The average molecular weight is 194 g/mol. The highest BCUT2D eigenvalue weighted by Gasteiger charge is 2.01. The van der Waals surface area contributed by atoms with Gasteiger partial charge in [0.05, 0.1) is 0 Å². The number of thioether (sulfide) groups is 1. The molecule has 0 amide bonds. The third-order valence-electron chi connectivity index (χ3n) is 0.690. The SMILES string of the molecule is CC(O)Sc1n[nH]c(=S)s1. The molecule has 0 aliphatic rings. The van der Waals surface area contributed by atoms with E-state index in [1.807, 2.05) is 0 Å². The molecule has 0 aromatic carbocycles. The topological polar surface area (TPSA) is 48.9 Å². The summed E-state index contributed by atoms with van der Waals surface area (Å²) in [4.78, 5) is 0. The van der Waals surface area contributed by atoms with Gasteiger partial charge in [0.2, 0.25) is 0 Å². The van der Waals surface area contributed by atoms with Crippen LogP contribution in [0.2, 0.25) is 0 Å². The van der Waals surface area contributed by atoms with Crippen LogP contribution in [-0.2, 0) is 0 Å². The molecule has 1 heterocycles. The van der Waals surface area contributed by atoms with Crippen LogP contribution >= 0.6 is 35.3 Å². The highest BCUT2D eigenvalue weighted by molar-refractivity contribution is 8.01. The number of nitrogens with zero attached hydrogens (tertiary/aromatic N) is 1. The minimum absolute atomic E-state index is 0.422. The number of rotatable bonds is 2. The summed E-state index contributed by atoms with van der Waals surface area (Å²) >= 11 is 7.44. The Kier molecular flexibility index (Phi) is 2.84. The molecular weight excluding hydrogens is 188 g/mol. The van der Waals surface area contributed by atoms with Crippen molar-refractivity contribution in [2.75, 3.05) is 0 Å². The zero-order chi connectivity index (χ0) is 7.56. The number of aliphatic hydroxyl groups excluding tert-OH is 1. The number of aliphatic hydroxyl groups is 1. The molecular formula is C4H6N2OS3. The number of hydrogen-bond acceptors (Lipinski definition) is 5. The van der Waals surface area contributed by atoms with Crippen molar-refractivity contribution in [2.45, 2.75) is 16.7 Å². The smallest absolute Gasteiger partial charge is 0.177 e. The molecule has 0 saturated carbocycles. The molecule has 1 rings (SSSR count). The Morgan fingerprint density at radius 3 is 3.00 bits per heavy atom. The van der Waals surface area contributed by atoms with Crippen molar-refractivity contribution in [3.05, 3.63) is 3.95 Å². The van der Waals surface area contributed by atoms with Gasteiger partial charge in [-0.25, -0.2) is 0 Å². The van der Waals surface area contributed by atoms with E-state index in [0.29, 0.717) is 3.95 Å². The van der Waals surface area contributed by atoms with Gasteiger partial charge in [0, 0.05) is 0 Å². The third-order valence-corrected chi connectivity index (χ3v) is 2.75. The maximum atomic E-state index is 8.90. The molecule has 6 heteroatoms. The van der Waals surface area contributed by atoms with Crippen LogP contribution in [0.15, 0.2) is 4.34 Å².